The number of likely N-dealkylation sites (N-methyl/N-ethyl adjacent to an activating group) is 1. The Hall–Kier alpha value is -3.14. The Bertz CT molecular complexity index is 723. The third kappa shape index (κ3) is 9.94. The van der Waals surface area contributed by atoms with Gasteiger partial charge in [0.15, 0.2) is 0 Å². The number of primary amides is 1. The van der Waals surface area contributed by atoms with E-state index in [1.54, 1.807) is 31.3 Å². The second kappa shape index (κ2) is 14.0. The molecule has 31 heavy (non-hydrogen) atoms. The van der Waals surface area contributed by atoms with Crippen LogP contribution in [0.15, 0.2) is 24.3 Å². The number of rotatable bonds is 14. The molecule has 172 valence electrons. The number of anilines is 1. The van der Waals surface area contributed by atoms with Gasteiger partial charge in [-0.25, -0.2) is 4.79 Å². The molecule has 1 aromatic rings. The molecule has 0 aliphatic rings. The van der Waals surface area contributed by atoms with E-state index >= 15 is 0 Å². The number of carbonyl (C=O) groups is 4. The van der Waals surface area contributed by atoms with E-state index in [1.165, 1.54) is 0 Å². The summed E-state index contributed by atoms with van der Waals surface area (Å²) in [5, 5.41) is 11.1. The van der Waals surface area contributed by atoms with Crippen molar-refractivity contribution in [1.29, 1.82) is 0 Å². The van der Waals surface area contributed by atoms with Gasteiger partial charge in [0.1, 0.15) is 12.6 Å². The maximum atomic E-state index is 12.9. The highest BCUT2D eigenvalue weighted by molar-refractivity contribution is 5.97. The topological polar surface area (TPSA) is 152 Å². The van der Waals surface area contributed by atoms with Crippen LogP contribution in [0.1, 0.15) is 38.7 Å². The average molecular weight is 436 g/mol. The first-order valence-corrected chi connectivity index (χ1v) is 10.2. The molecular weight excluding hydrogens is 402 g/mol. The van der Waals surface area contributed by atoms with Gasteiger partial charge >= 0.3 is 6.03 Å². The second-order valence-electron chi connectivity index (χ2n) is 7.45. The minimum atomic E-state index is -0.742. The lowest BCUT2D eigenvalue weighted by Gasteiger charge is -2.24. The molecule has 2 atom stereocenters. The maximum absolute atomic E-state index is 12.9. The Labute approximate surface area is 182 Å². The van der Waals surface area contributed by atoms with Gasteiger partial charge in [-0.3, -0.25) is 14.4 Å². The largest absolute Gasteiger partial charge is 0.463 e. The van der Waals surface area contributed by atoms with Crippen LogP contribution in [0.4, 0.5) is 10.5 Å². The fourth-order valence-corrected chi connectivity index (χ4v) is 3.03. The van der Waals surface area contributed by atoms with Crippen molar-refractivity contribution in [2.75, 3.05) is 18.9 Å². The maximum Gasteiger partial charge on any atom is 0.312 e. The Morgan fingerprint density at radius 3 is 2.32 bits per heavy atom. The average Bonchev–Trinajstić information content (AvgIpc) is 2.72. The predicted molar refractivity (Wildman–Crippen MR) is 117 cm³/mol. The summed E-state index contributed by atoms with van der Waals surface area (Å²) < 4.78 is 4.70. The summed E-state index contributed by atoms with van der Waals surface area (Å²) >= 11 is 0. The van der Waals surface area contributed by atoms with E-state index in [0.717, 1.165) is 5.56 Å². The van der Waals surface area contributed by atoms with Gasteiger partial charge < -0.3 is 31.7 Å². The Kier molecular flexibility index (Phi) is 11.7. The summed E-state index contributed by atoms with van der Waals surface area (Å²) in [4.78, 5) is 46.5. The van der Waals surface area contributed by atoms with E-state index in [0.29, 0.717) is 38.0 Å². The van der Waals surface area contributed by atoms with Gasteiger partial charge in [0.25, 0.3) is 6.47 Å². The molecule has 0 heterocycles. The Balaban J connectivity index is 2.77. The van der Waals surface area contributed by atoms with Crippen molar-refractivity contribution in [3.63, 3.8) is 0 Å². The van der Waals surface area contributed by atoms with Crippen LogP contribution in [0.5, 0.6) is 0 Å². The normalized spacial score (nSPS) is 12.5. The Morgan fingerprint density at radius 1 is 1.10 bits per heavy atom. The number of amides is 4. The molecule has 10 nitrogen and oxygen atoms in total. The highest BCUT2D eigenvalue weighted by atomic mass is 16.5. The van der Waals surface area contributed by atoms with Crippen molar-refractivity contribution in [3.05, 3.63) is 29.8 Å². The summed E-state index contributed by atoms with van der Waals surface area (Å²) in [6, 6.07) is 5.09. The van der Waals surface area contributed by atoms with Gasteiger partial charge in [0.2, 0.25) is 11.8 Å². The van der Waals surface area contributed by atoms with Gasteiger partial charge in [-0.1, -0.05) is 26.0 Å². The summed E-state index contributed by atoms with van der Waals surface area (Å²) in [5.74, 6) is -0.546. The van der Waals surface area contributed by atoms with E-state index < -0.39 is 18.1 Å². The molecule has 0 fully saturated rings. The molecule has 1 rings (SSSR count). The number of hydrogen-bond acceptors (Lipinski definition) is 6. The van der Waals surface area contributed by atoms with Crippen molar-refractivity contribution in [3.8, 4) is 0 Å². The zero-order chi connectivity index (χ0) is 23.2. The highest BCUT2D eigenvalue weighted by Gasteiger charge is 2.26. The summed E-state index contributed by atoms with van der Waals surface area (Å²) in [6.07, 6.45) is 1.62. The molecule has 0 bridgehead atoms. The SMILES string of the molecule is CNC(C(=O)N[C@@H](CCCCNC(N)=O)C(=O)Nc1ccc(COC=O)cc1)C(C)C. The van der Waals surface area contributed by atoms with Gasteiger partial charge in [0, 0.05) is 12.2 Å². The third-order valence-electron chi connectivity index (χ3n) is 4.65. The highest BCUT2D eigenvalue weighted by Crippen LogP contribution is 2.12. The lowest BCUT2D eigenvalue weighted by atomic mass is 10.0. The molecule has 0 saturated heterocycles. The van der Waals surface area contributed by atoms with Crippen molar-refractivity contribution in [1.82, 2.24) is 16.0 Å². The predicted octanol–water partition coefficient (Wildman–Crippen LogP) is 0.866. The molecule has 0 radical (unpaired) electrons. The lowest BCUT2D eigenvalue weighted by Crippen LogP contribution is -2.52. The van der Waals surface area contributed by atoms with Crippen LogP contribution in [0.25, 0.3) is 0 Å². The molecule has 0 aromatic heterocycles. The first-order chi connectivity index (χ1) is 14.8. The van der Waals surface area contributed by atoms with Crippen molar-refractivity contribution >= 4 is 30.0 Å². The van der Waals surface area contributed by atoms with Gasteiger partial charge in [-0.15, -0.1) is 0 Å². The number of nitrogens with two attached hydrogens (primary N) is 1. The second-order valence-corrected chi connectivity index (χ2v) is 7.45. The smallest absolute Gasteiger partial charge is 0.312 e. The van der Waals surface area contributed by atoms with Crippen molar-refractivity contribution in [2.24, 2.45) is 11.7 Å². The molecule has 4 amide bonds. The minimum absolute atomic E-state index is 0.0506. The first-order valence-electron chi connectivity index (χ1n) is 10.2. The van der Waals surface area contributed by atoms with Crippen LogP contribution in [-0.4, -0.2) is 50.0 Å². The standard InChI is InChI=1S/C21H33N5O5/c1-14(2)18(23-3)20(29)26-17(6-4-5-11-24-21(22)30)19(28)25-16-9-7-15(8-10-16)12-31-13-27/h7-10,13-14,17-18,23H,4-6,11-12H2,1-3H3,(H,25,28)(H,26,29)(H3,22,24,30)/t17-,18?/m0/s1. The molecule has 1 unspecified atom stereocenters. The number of carbonyl (C=O) groups excluding carboxylic acids is 4. The quantitative estimate of drug-likeness (QED) is 0.216. The zero-order valence-electron chi connectivity index (χ0n) is 18.3. The van der Waals surface area contributed by atoms with Crippen LogP contribution < -0.4 is 27.0 Å². The number of benzene rings is 1. The van der Waals surface area contributed by atoms with Crippen LogP contribution >= 0.6 is 0 Å². The monoisotopic (exact) mass is 435 g/mol. The van der Waals surface area contributed by atoms with Crippen molar-refractivity contribution < 1.29 is 23.9 Å². The number of hydrogen-bond donors (Lipinski definition) is 5. The fraction of sp³-hybridized carbons (Fsp3) is 0.524. The third-order valence-corrected chi connectivity index (χ3v) is 4.65. The minimum Gasteiger partial charge on any atom is -0.463 e. The van der Waals surface area contributed by atoms with Crippen LogP contribution in [0.3, 0.4) is 0 Å². The molecule has 0 aliphatic heterocycles. The van der Waals surface area contributed by atoms with E-state index in [-0.39, 0.29) is 24.3 Å². The van der Waals surface area contributed by atoms with Crippen molar-refractivity contribution in [2.45, 2.75) is 51.8 Å². The van der Waals surface area contributed by atoms with E-state index in [9.17, 15) is 19.2 Å². The van der Waals surface area contributed by atoms with Gasteiger partial charge in [0.05, 0.1) is 6.04 Å². The number of ether oxygens (including phenoxy) is 1. The van der Waals surface area contributed by atoms with Gasteiger partial charge in [-0.05, 0) is 49.9 Å². The number of unbranched alkanes of at least 4 members (excludes halogenated alkanes) is 1. The zero-order valence-corrected chi connectivity index (χ0v) is 18.3. The molecule has 6 N–H and O–H groups in total. The molecular formula is C21H33N5O5. The molecule has 0 saturated carbocycles. The molecule has 1 aromatic carbocycles. The van der Waals surface area contributed by atoms with Crippen LogP contribution in [0, 0.1) is 5.92 Å². The van der Waals surface area contributed by atoms with E-state index in [2.05, 4.69) is 21.3 Å². The summed E-state index contributed by atoms with van der Waals surface area (Å²) in [5.41, 5.74) is 6.39. The van der Waals surface area contributed by atoms with E-state index in [1.807, 2.05) is 13.8 Å². The van der Waals surface area contributed by atoms with Crippen LogP contribution in [-0.2, 0) is 25.7 Å². The molecule has 10 heteroatoms. The Morgan fingerprint density at radius 2 is 1.77 bits per heavy atom. The first kappa shape index (κ1) is 25.9. The summed E-state index contributed by atoms with van der Waals surface area (Å²) in [6.45, 7) is 4.75. The number of urea groups is 1. The van der Waals surface area contributed by atoms with Crippen LogP contribution in [0.2, 0.25) is 0 Å². The molecule has 0 aliphatic carbocycles. The number of nitrogens with one attached hydrogen (secondary N) is 4. The molecule has 0 spiro atoms. The van der Waals surface area contributed by atoms with Gasteiger partial charge in [-0.2, -0.15) is 0 Å². The van der Waals surface area contributed by atoms with E-state index in [4.69, 9.17) is 10.5 Å². The fourth-order valence-electron chi connectivity index (χ4n) is 3.03. The lowest BCUT2D eigenvalue weighted by molar-refractivity contribution is -0.129. The summed E-state index contributed by atoms with van der Waals surface area (Å²) in [7, 11) is 1.70.